The fourth-order valence-corrected chi connectivity index (χ4v) is 2.81. The quantitative estimate of drug-likeness (QED) is 0.747. The van der Waals surface area contributed by atoms with Gasteiger partial charge in [0.25, 0.3) is 0 Å². The highest BCUT2D eigenvalue weighted by Crippen LogP contribution is 2.25. The molecule has 2 fully saturated rings. The Balaban J connectivity index is 1.80. The predicted octanol–water partition coefficient (Wildman–Crippen LogP) is 0.539. The van der Waals surface area contributed by atoms with Crippen LogP contribution in [0.1, 0.15) is 33.1 Å². The van der Waals surface area contributed by atoms with Crippen LogP contribution in [0.25, 0.3) is 0 Å². The van der Waals surface area contributed by atoms with Gasteiger partial charge in [-0.25, -0.2) is 0 Å². The van der Waals surface area contributed by atoms with Crippen LogP contribution < -0.4 is 5.32 Å². The zero-order valence-electron chi connectivity index (χ0n) is 11.1. The second kappa shape index (κ2) is 5.69. The summed E-state index contributed by atoms with van der Waals surface area (Å²) < 4.78 is 5.16. The van der Waals surface area contributed by atoms with Gasteiger partial charge in [-0.2, -0.15) is 0 Å². The van der Waals surface area contributed by atoms with Crippen molar-refractivity contribution in [2.45, 2.75) is 45.3 Å². The average molecular weight is 254 g/mol. The van der Waals surface area contributed by atoms with Crippen LogP contribution in [0.3, 0.4) is 0 Å². The van der Waals surface area contributed by atoms with Crippen LogP contribution in [0.4, 0.5) is 0 Å². The number of fused-ring (bicyclic) bond motifs is 1. The summed E-state index contributed by atoms with van der Waals surface area (Å²) in [6.45, 7) is 5.84. The lowest BCUT2D eigenvalue weighted by Gasteiger charge is -2.41. The number of nitrogens with zero attached hydrogens (tertiary/aromatic N) is 1. The molecular weight excluding hydrogens is 232 g/mol. The summed E-state index contributed by atoms with van der Waals surface area (Å²) in [5, 5.41) is 3.04. The number of likely N-dealkylation sites (tertiary alicyclic amines) is 1. The second-order valence-electron chi connectivity index (χ2n) is 5.54. The number of ether oxygens (including phenoxy) is 1. The van der Waals surface area contributed by atoms with E-state index in [-0.39, 0.29) is 18.0 Å². The van der Waals surface area contributed by atoms with Gasteiger partial charge in [-0.15, -0.1) is 0 Å². The van der Waals surface area contributed by atoms with Crippen LogP contribution in [0, 0.1) is 5.92 Å². The summed E-state index contributed by atoms with van der Waals surface area (Å²) in [5.74, 6) is 0.510. The van der Waals surface area contributed by atoms with Gasteiger partial charge in [0, 0.05) is 25.6 Å². The maximum atomic E-state index is 11.6. The highest BCUT2D eigenvalue weighted by atomic mass is 16.5. The van der Waals surface area contributed by atoms with E-state index in [4.69, 9.17) is 4.74 Å². The first kappa shape index (κ1) is 13.3. The van der Waals surface area contributed by atoms with Crippen LogP contribution in [0.5, 0.6) is 0 Å². The molecule has 0 aromatic carbocycles. The lowest BCUT2D eigenvalue weighted by molar-refractivity contribution is -0.149. The zero-order chi connectivity index (χ0) is 13.1. The molecular formula is C13H22N2O3. The monoisotopic (exact) mass is 254 g/mol. The summed E-state index contributed by atoms with van der Waals surface area (Å²) in [5.41, 5.74) is 0. The van der Waals surface area contributed by atoms with Crippen LogP contribution in [0.15, 0.2) is 0 Å². The summed E-state index contributed by atoms with van der Waals surface area (Å²) in [6, 6.07) is 0.309. The zero-order valence-corrected chi connectivity index (χ0v) is 11.1. The number of hydrogen-bond acceptors (Lipinski definition) is 4. The van der Waals surface area contributed by atoms with E-state index in [1.54, 1.807) is 0 Å². The normalized spacial score (nSPS) is 28.7. The van der Waals surface area contributed by atoms with E-state index >= 15 is 0 Å². The van der Waals surface area contributed by atoms with Crippen molar-refractivity contribution >= 4 is 11.9 Å². The third kappa shape index (κ3) is 3.45. The Hall–Kier alpha value is -1.10. The van der Waals surface area contributed by atoms with Gasteiger partial charge in [-0.3, -0.25) is 14.5 Å². The van der Waals surface area contributed by atoms with E-state index < -0.39 is 0 Å². The van der Waals surface area contributed by atoms with Crippen molar-refractivity contribution in [3.63, 3.8) is 0 Å². The minimum absolute atomic E-state index is 0.0518. The van der Waals surface area contributed by atoms with Gasteiger partial charge < -0.3 is 10.1 Å². The Bertz CT molecular complexity index is 330. The smallest absolute Gasteiger partial charge is 0.320 e. The van der Waals surface area contributed by atoms with E-state index in [1.165, 1.54) is 0 Å². The summed E-state index contributed by atoms with van der Waals surface area (Å²) >= 11 is 0. The summed E-state index contributed by atoms with van der Waals surface area (Å²) in [4.78, 5) is 25.0. The summed E-state index contributed by atoms with van der Waals surface area (Å²) in [6.07, 6.45) is 2.44. The first-order valence-electron chi connectivity index (χ1n) is 6.76. The van der Waals surface area contributed by atoms with Crippen LogP contribution in [-0.2, 0) is 14.3 Å². The van der Waals surface area contributed by atoms with Gasteiger partial charge in [0.15, 0.2) is 0 Å². The molecule has 0 saturated carbocycles. The Morgan fingerprint density at radius 2 is 2.28 bits per heavy atom. The first-order chi connectivity index (χ1) is 8.54. The molecule has 0 aliphatic carbocycles. The molecule has 0 radical (unpaired) electrons. The van der Waals surface area contributed by atoms with Crippen molar-refractivity contribution in [2.75, 3.05) is 19.6 Å². The number of carbonyl (C=O) groups is 2. The van der Waals surface area contributed by atoms with Crippen LogP contribution in [0.2, 0.25) is 0 Å². The number of nitrogens with one attached hydrogen (secondary N) is 1. The second-order valence-corrected chi connectivity index (χ2v) is 5.54. The van der Waals surface area contributed by atoms with Crippen LogP contribution in [-0.4, -0.2) is 48.6 Å². The minimum atomic E-state index is -0.150. The van der Waals surface area contributed by atoms with Crippen molar-refractivity contribution in [2.24, 2.45) is 5.92 Å². The fraction of sp³-hybridized carbons (Fsp3) is 0.846. The molecule has 1 N–H and O–H groups in total. The van der Waals surface area contributed by atoms with E-state index in [0.29, 0.717) is 24.9 Å². The molecule has 18 heavy (non-hydrogen) atoms. The topological polar surface area (TPSA) is 58.6 Å². The van der Waals surface area contributed by atoms with Gasteiger partial charge >= 0.3 is 5.97 Å². The number of esters is 1. The number of piperidine rings is 2. The van der Waals surface area contributed by atoms with Gasteiger partial charge in [0.05, 0.1) is 12.6 Å². The molecule has 2 aliphatic heterocycles. The van der Waals surface area contributed by atoms with Gasteiger partial charge in [0.2, 0.25) is 5.91 Å². The Morgan fingerprint density at radius 1 is 1.50 bits per heavy atom. The SMILES string of the molecule is CC(C)OC(=O)CN1CCC2NC(=O)CCC2C1. The average Bonchev–Trinajstić information content (AvgIpc) is 2.28. The molecule has 0 bridgehead atoms. The summed E-state index contributed by atoms with van der Waals surface area (Å²) in [7, 11) is 0. The molecule has 0 spiro atoms. The minimum Gasteiger partial charge on any atom is -0.462 e. The van der Waals surface area contributed by atoms with E-state index in [1.807, 2.05) is 13.8 Å². The predicted molar refractivity (Wildman–Crippen MR) is 66.9 cm³/mol. The molecule has 1 amide bonds. The standard InChI is InChI=1S/C13H22N2O3/c1-9(2)18-13(17)8-15-6-5-11-10(7-15)3-4-12(16)14-11/h9-11H,3-8H2,1-2H3,(H,14,16). The van der Waals surface area contributed by atoms with Gasteiger partial charge in [0.1, 0.15) is 0 Å². The van der Waals surface area contributed by atoms with Crippen molar-refractivity contribution in [1.82, 2.24) is 10.2 Å². The first-order valence-corrected chi connectivity index (χ1v) is 6.76. The number of amides is 1. The molecule has 2 saturated heterocycles. The van der Waals surface area contributed by atoms with E-state index in [0.717, 1.165) is 25.9 Å². The van der Waals surface area contributed by atoms with Gasteiger partial charge in [-0.1, -0.05) is 0 Å². The highest BCUT2D eigenvalue weighted by Gasteiger charge is 2.34. The molecule has 2 atom stereocenters. The number of hydrogen-bond donors (Lipinski definition) is 1. The molecule has 0 aromatic rings. The Kier molecular flexibility index (Phi) is 4.22. The molecule has 5 heteroatoms. The molecule has 0 aromatic heterocycles. The molecule has 2 rings (SSSR count). The van der Waals surface area contributed by atoms with Crippen molar-refractivity contribution in [3.05, 3.63) is 0 Å². The maximum Gasteiger partial charge on any atom is 0.320 e. The van der Waals surface area contributed by atoms with Crippen molar-refractivity contribution < 1.29 is 14.3 Å². The molecule has 2 heterocycles. The molecule has 2 unspecified atom stereocenters. The third-order valence-corrected chi connectivity index (χ3v) is 3.63. The van der Waals surface area contributed by atoms with Gasteiger partial charge in [-0.05, 0) is 32.6 Å². The van der Waals surface area contributed by atoms with E-state index in [2.05, 4.69) is 10.2 Å². The van der Waals surface area contributed by atoms with E-state index in [9.17, 15) is 9.59 Å². The van der Waals surface area contributed by atoms with Crippen molar-refractivity contribution in [1.29, 1.82) is 0 Å². The number of rotatable bonds is 3. The Labute approximate surface area is 108 Å². The lowest BCUT2D eigenvalue weighted by atomic mass is 9.85. The Morgan fingerprint density at radius 3 is 3.00 bits per heavy atom. The lowest BCUT2D eigenvalue weighted by Crippen LogP contribution is -2.54. The maximum absolute atomic E-state index is 11.6. The molecule has 2 aliphatic rings. The van der Waals surface area contributed by atoms with Crippen molar-refractivity contribution in [3.8, 4) is 0 Å². The molecule has 5 nitrogen and oxygen atoms in total. The third-order valence-electron chi connectivity index (χ3n) is 3.63. The largest absolute Gasteiger partial charge is 0.462 e. The number of carbonyl (C=O) groups excluding carboxylic acids is 2. The highest BCUT2D eigenvalue weighted by molar-refractivity contribution is 5.77. The fourth-order valence-electron chi connectivity index (χ4n) is 2.81. The van der Waals surface area contributed by atoms with Crippen LogP contribution >= 0.6 is 0 Å². The molecule has 102 valence electrons.